The monoisotopic (exact) mass is 421 g/mol. The fourth-order valence-electron chi connectivity index (χ4n) is 2.96. The number of fused-ring (bicyclic) bond motifs is 1. The fraction of sp³-hybridized carbons (Fsp3) is 0.200. The van der Waals surface area contributed by atoms with Crippen LogP contribution in [0.2, 0.25) is 0 Å². The molecular formula is C20H17F2NO5S. The third kappa shape index (κ3) is 3.91. The summed E-state index contributed by atoms with van der Waals surface area (Å²) in [7, 11) is -4.75. The minimum Gasteiger partial charge on any atom is -0.451 e. The first-order chi connectivity index (χ1) is 13.6. The Morgan fingerprint density at radius 3 is 2.28 bits per heavy atom. The predicted molar refractivity (Wildman–Crippen MR) is 102 cm³/mol. The molecule has 0 aliphatic rings. The first-order valence-corrected chi connectivity index (χ1v) is 10.1. The highest BCUT2D eigenvalue weighted by Crippen LogP contribution is 2.24. The Bertz CT molecular complexity index is 1180. The van der Waals surface area contributed by atoms with Gasteiger partial charge in [-0.15, -0.1) is 0 Å². The number of alkyl halides is 2. The van der Waals surface area contributed by atoms with E-state index in [2.05, 4.69) is 4.98 Å². The minimum absolute atomic E-state index is 0.0616. The van der Waals surface area contributed by atoms with Crippen LogP contribution in [-0.4, -0.2) is 37.0 Å². The van der Waals surface area contributed by atoms with Gasteiger partial charge in [-0.1, -0.05) is 18.2 Å². The molecule has 29 heavy (non-hydrogen) atoms. The molecule has 3 aromatic rings. The summed E-state index contributed by atoms with van der Waals surface area (Å²) >= 11 is 0. The van der Waals surface area contributed by atoms with Crippen molar-refractivity contribution in [3.63, 3.8) is 0 Å². The van der Waals surface area contributed by atoms with Crippen molar-refractivity contribution in [2.75, 3.05) is 0 Å². The summed E-state index contributed by atoms with van der Waals surface area (Å²) in [4.78, 5) is 27.6. The molecule has 0 unspecified atom stereocenters. The van der Waals surface area contributed by atoms with Crippen LogP contribution in [-0.2, 0) is 14.6 Å². The lowest BCUT2D eigenvalue weighted by Gasteiger charge is -2.13. The van der Waals surface area contributed by atoms with Gasteiger partial charge in [0, 0.05) is 22.2 Å². The van der Waals surface area contributed by atoms with Crippen LogP contribution in [0.4, 0.5) is 8.78 Å². The number of halogens is 2. The van der Waals surface area contributed by atoms with Gasteiger partial charge in [0.1, 0.15) is 0 Å². The second-order valence-electron chi connectivity index (χ2n) is 6.41. The number of esters is 1. The number of aromatic amines is 1. The number of ketones is 1. The number of hydrogen-bond donors (Lipinski definition) is 1. The van der Waals surface area contributed by atoms with Crippen molar-refractivity contribution < 1.29 is 31.5 Å². The van der Waals surface area contributed by atoms with Crippen LogP contribution in [0.1, 0.15) is 33.3 Å². The number of Topliss-reactive ketones (excluding diaryl/α,β-unsaturated/α-hetero) is 1. The number of carbonyl (C=O) groups excluding carboxylic acids is 2. The Kier molecular flexibility index (Phi) is 5.52. The van der Waals surface area contributed by atoms with E-state index in [1.165, 1.54) is 6.92 Å². The van der Waals surface area contributed by atoms with Crippen LogP contribution in [0, 0.1) is 6.92 Å². The van der Waals surface area contributed by atoms with Crippen LogP contribution in [0.5, 0.6) is 0 Å². The molecule has 0 aliphatic carbocycles. The molecule has 0 saturated carbocycles. The highest BCUT2D eigenvalue weighted by molar-refractivity contribution is 7.91. The first kappa shape index (κ1) is 20.7. The lowest BCUT2D eigenvalue weighted by molar-refractivity contribution is 0.0319. The van der Waals surface area contributed by atoms with E-state index < -0.39 is 38.3 Å². The summed E-state index contributed by atoms with van der Waals surface area (Å²) in [6.07, 6.45) is -1.11. The number of benzene rings is 2. The second kappa shape index (κ2) is 7.75. The van der Waals surface area contributed by atoms with Gasteiger partial charge in [-0.25, -0.2) is 13.2 Å². The molecule has 1 aromatic heterocycles. The third-order valence-electron chi connectivity index (χ3n) is 4.45. The Morgan fingerprint density at radius 2 is 1.66 bits per heavy atom. The Labute approximate surface area is 165 Å². The average molecular weight is 421 g/mol. The molecule has 0 saturated heterocycles. The maximum absolute atomic E-state index is 12.8. The van der Waals surface area contributed by atoms with E-state index in [-0.39, 0.29) is 5.56 Å². The lowest BCUT2D eigenvalue weighted by Crippen LogP contribution is -2.25. The quantitative estimate of drug-likeness (QED) is 0.481. The molecule has 0 amide bonds. The Morgan fingerprint density at radius 1 is 1.03 bits per heavy atom. The number of H-pyrrole nitrogens is 1. The zero-order chi connectivity index (χ0) is 21.3. The number of carbonyl (C=O) groups is 2. The van der Waals surface area contributed by atoms with Crippen molar-refractivity contribution in [2.45, 2.75) is 30.6 Å². The molecular weight excluding hydrogens is 404 g/mol. The van der Waals surface area contributed by atoms with Crippen LogP contribution in [0.25, 0.3) is 10.9 Å². The molecule has 0 fully saturated rings. The van der Waals surface area contributed by atoms with E-state index in [4.69, 9.17) is 4.74 Å². The van der Waals surface area contributed by atoms with Gasteiger partial charge < -0.3 is 9.72 Å². The van der Waals surface area contributed by atoms with E-state index in [0.717, 1.165) is 29.8 Å². The van der Waals surface area contributed by atoms with Crippen molar-refractivity contribution >= 4 is 32.5 Å². The number of hydrogen-bond acceptors (Lipinski definition) is 5. The van der Waals surface area contributed by atoms with Crippen molar-refractivity contribution in [3.8, 4) is 0 Å². The highest BCUT2D eigenvalue weighted by Gasteiger charge is 2.28. The maximum Gasteiger partial charge on any atom is 0.341 e. The average Bonchev–Trinajstić information content (AvgIpc) is 3.02. The van der Waals surface area contributed by atoms with Crippen molar-refractivity contribution in [2.24, 2.45) is 0 Å². The molecule has 0 bridgehead atoms. The Balaban J connectivity index is 1.78. The van der Waals surface area contributed by atoms with Crippen LogP contribution >= 0.6 is 0 Å². The molecule has 152 valence electrons. The summed E-state index contributed by atoms with van der Waals surface area (Å²) in [5.41, 5.74) is 1.77. The molecule has 3 rings (SSSR count). The largest absolute Gasteiger partial charge is 0.451 e. The van der Waals surface area contributed by atoms with E-state index in [1.54, 1.807) is 19.1 Å². The van der Waals surface area contributed by atoms with Gasteiger partial charge in [-0.2, -0.15) is 8.78 Å². The summed E-state index contributed by atoms with van der Waals surface area (Å²) in [6.45, 7) is 3.17. The highest BCUT2D eigenvalue weighted by atomic mass is 32.2. The number of para-hydroxylation sites is 1. The zero-order valence-corrected chi connectivity index (χ0v) is 16.3. The molecule has 9 heteroatoms. The summed E-state index contributed by atoms with van der Waals surface area (Å²) in [6, 6.07) is 11.1. The molecule has 1 N–H and O–H groups in total. The maximum atomic E-state index is 12.8. The summed E-state index contributed by atoms with van der Waals surface area (Å²) in [5.74, 6) is -4.83. The predicted octanol–water partition coefficient (Wildman–Crippen LogP) is 3.90. The normalized spacial score (nSPS) is 12.9. The Hall–Kier alpha value is -3.07. The fourth-order valence-corrected chi connectivity index (χ4v) is 3.68. The van der Waals surface area contributed by atoms with Crippen LogP contribution in [0.3, 0.4) is 0 Å². The third-order valence-corrected chi connectivity index (χ3v) is 5.84. The molecule has 1 heterocycles. The number of aromatic nitrogens is 1. The molecule has 6 nitrogen and oxygen atoms in total. The summed E-state index contributed by atoms with van der Waals surface area (Å²) < 4.78 is 53.2. The minimum atomic E-state index is -4.75. The number of nitrogens with one attached hydrogen (secondary N) is 1. The smallest absolute Gasteiger partial charge is 0.341 e. The molecule has 0 spiro atoms. The number of ether oxygens (including phenoxy) is 1. The van der Waals surface area contributed by atoms with Gasteiger partial charge in [-0.3, -0.25) is 4.79 Å². The second-order valence-corrected chi connectivity index (χ2v) is 8.33. The zero-order valence-electron chi connectivity index (χ0n) is 15.5. The van der Waals surface area contributed by atoms with Crippen molar-refractivity contribution in [3.05, 3.63) is 65.4 Å². The van der Waals surface area contributed by atoms with Crippen molar-refractivity contribution in [1.82, 2.24) is 4.98 Å². The number of aryl methyl sites for hydroxylation is 1. The van der Waals surface area contributed by atoms with Crippen LogP contribution < -0.4 is 0 Å². The van der Waals surface area contributed by atoms with Gasteiger partial charge in [0.2, 0.25) is 15.6 Å². The van der Waals surface area contributed by atoms with Crippen molar-refractivity contribution in [1.29, 1.82) is 0 Å². The van der Waals surface area contributed by atoms with Gasteiger partial charge in [-0.05, 0) is 44.2 Å². The van der Waals surface area contributed by atoms with E-state index in [0.29, 0.717) is 16.6 Å². The van der Waals surface area contributed by atoms with Gasteiger partial charge in [0.15, 0.2) is 6.10 Å². The first-order valence-electron chi connectivity index (χ1n) is 8.57. The molecule has 2 aromatic carbocycles. The standard InChI is InChI=1S/C20H17F2NO5S/c1-11-17(15-5-3-4-6-16(15)23-11)18(24)12(2)28-19(25)13-7-9-14(10-8-13)29(26,27)20(21)22/h3-10,12,20,23H,1-2H3/t12-/m0/s1. The van der Waals surface area contributed by atoms with Gasteiger partial charge in [0.25, 0.3) is 0 Å². The summed E-state index contributed by atoms with van der Waals surface area (Å²) in [5, 5.41) is 0.708. The SMILES string of the molecule is Cc1[nH]c2ccccc2c1C(=O)[C@H](C)OC(=O)c1ccc(S(=O)(=O)C(F)F)cc1. The number of sulfone groups is 1. The van der Waals surface area contributed by atoms with Gasteiger partial charge in [0.05, 0.1) is 10.5 Å². The topological polar surface area (TPSA) is 93.3 Å². The van der Waals surface area contributed by atoms with E-state index in [1.807, 2.05) is 12.1 Å². The van der Waals surface area contributed by atoms with E-state index in [9.17, 15) is 26.8 Å². The lowest BCUT2D eigenvalue weighted by atomic mass is 10.0. The molecule has 1 atom stereocenters. The van der Waals surface area contributed by atoms with Gasteiger partial charge >= 0.3 is 11.7 Å². The van der Waals surface area contributed by atoms with E-state index >= 15 is 0 Å². The number of rotatable bonds is 6. The van der Waals surface area contributed by atoms with Crippen LogP contribution in [0.15, 0.2) is 53.4 Å². The molecule has 0 aliphatic heterocycles. The molecule has 0 radical (unpaired) electrons.